The number of ether oxygens (including phenoxy) is 2. The van der Waals surface area contributed by atoms with Crippen LogP contribution in [-0.2, 0) is 9.59 Å². The molecule has 116 valence electrons. The Labute approximate surface area is 124 Å². The highest BCUT2D eigenvalue weighted by molar-refractivity contribution is 5.87. The third kappa shape index (κ3) is 6.16. The SMILES string of the molecule is CCCNC(=O)C(C)NC(=O)COc1ccc(OC)cc1. The van der Waals surface area contributed by atoms with E-state index in [2.05, 4.69) is 10.6 Å². The van der Waals surface area contributed by atoms with Crippen LogP contribution in [-0.4, -0.2) is 38.1 Å². The van der Waals surface area contributed by atoms with Crippen molar-refractivity contribution in [1.82, 2.24) is 10.6 Å². The lowest BCUT2D eigenvalue weighted by Gasteiger charge is -2.14. The van der Waals surface area contributed by atoms with Crippen LogP contribution in [0.2, 0.25) is 0 Å². The summed E-state index contributed by atoms with van der Waals surface area (Å²) in [5.74, 6) is 0.738. The first-order valence-electron chi connectivity index (χ1n) is 6.90. The van der Waals surface area contributed by atoms with Crippen molar-refractivity contribution in [3.63, 3.8) is 0 Å². The van der Waals surface area contributed by atoms with E-state index >= 15 is 0 Å². The lowest BCUT2D eigenvalue weighted by atomic mass is 10.3. The van der Waals surface area contributed by atoms with Crippen molar-refractivity contribution < 1.29 is 19.1 Å². The number of carbonyl (C=O) groups excluding carboxylic acids is 2. The minimum atomic E-state index is -0.580. The van der Waals surface area contributed by atoms with Crippen LogP contribution < -0.4 is 20.1 Å². The number of methoxy groups -OCH3 is 1. The predicted octanol–water partition coefficient (Wildman–Crippen LogP) is 1.10. The van der Waals surface area contributed by atoms with Gasteiger partial charge in [-0.15, -0.1) is 0 Å². The van der Waals surface area contributed by atoms with Gasteiger partial charge in [0.1, 0.15) is 17.5 Å². The van der Waals surface area contributed by atoms with Crippen molar-refractivity contribution in [3.05, 3.63) is 24.3 Å². The molecule has 6 heteroatoms. The van der Waals surface area contributed by atoms with E-state index in [-0.39, 0.29) is 18.4 Å². The van der Waals surface area contributed by atoms with Crippen molar-refractivity contribution in [3.8, 4) is 11.5 Å². The van der Waals surface area contributed by atoms with Crippen LogP contribution in [0.25, 0.3) is 0 Å². The van der Waals surface area contributed by atoms with Gasteiger partial charge in [0, 0.05) is 6.54 Å². The molecule has 0 aliphatic rings. The number of benzene rings is 1. The summed E-state index contributed by atoms with van der Waals surface area (Å²) in [5, 5.41) is 5.30. The monoisotopic (exact) mass is 294 g/mol. The van der Waals surface area contributed by atoms with Crippen LogP contribution in [0, 0.1) is 0 Å². The number of nitrogens with one attached hydrogen (secondary N) is 2. The zero-order valence-electron chi connectivity index (χ0n) is 12.6. The molecule has 0 saturated heterocycles. The summed E-state index contributed by atoms with van der Waals surface area (Å²) in [6, 6.07) is 6.33. The van der Waals surface area contributed by atoms with Crippen LogP contribution in [0.4, 0.5) is 0 Å². The topological polar surface area (TPSA) is 76.7 Å². The predicted molar refractivity (Wildman–Crippen MR) is 79.4 cm³/mol. The summed E-state index contributed by atoms with van der Waals surface area (Å²) < 4.78 is 10.4. The Balaban J connectivity index is 2.34. The Kier molecular flexibility index (Phi) is 7.08. The molecule has 1 rings (SSSR count). The molecule has 0 spiro atoms. The Bertz CT molecular complexity index is 459. The van der Waals surface area contributed by atoms with Gasteiger partial charge in [0.25, 0.3) is 5.91 Å². The Morgan fingerprint density at radius 2 is 1.81 bits per heavy atom. The van der Waals surface area contributed by atoms with Gasteiger partial charge in [-0.1, -0.05) is 6.92 Å². The summed E-state index contributed by atoms with van der Waals surface area (Å²) in [6.07, 6.45) is 0.854. The van der Waals surface area contributed by atoms with E-state index in [1.165, 1.54) is 0 Å². The minimum absolute atomic E-state index is 0.141. The maximum Gasteiger partial charge on any atom is 0.258 e. The maximum atomic E-state index is 11.7. The van der Waals surface area contributed by atoms with Gasteiger partial charge in [0.2, 0.25) is 5.91 Å². The van der Waals surface area contributed by atoms with Gasteiger partial charge in [-0.2, -0.15) is 0 Å². The van der Waals surface area contributed by atoms with Gasteiger partial charge < -0.3 is 20.1 Å². The highest BCUT2D eigenvalue weighted by atomic mass is 16.5. The summed E-state index contributed by atoms with van der Waals surface area (Å²) in [4.78, 5) is 23.3. The number of hydrogen-bond donors (Lipinski definition) is 2. The molecular formula is C15H22N2O4. The standard InChI is InChI=1S/C15H22N2O4/c1-4-9-16-15(19)11(2)17-14(18)10-21-13-7-5-12(20-3)6-8-13/h5-8,11H,4,9-10H2,1-3H3,(H,16,19)(H,17,18). The largest absolute Gasteiger partial charge is 0.497 e. The number of hydrogen-bond acceptors (Lipinski definition) is 4. The molecule has 6 nitrogen and oxygen atoms in total. The fourth-order valence-electron chi connectivity index (χ4n) is 1.57. The molecule has 21 heavy (non-hydrogen) atoms. The zero-order valence-corrected chi connectivity index (χ0v) is 12.6. The third-order valence-electron chi connectivity index (χ3n) is 2.75. The van der Waals surface area contributed by atoms with Crippen molar-refractivity contribution in [2.75, 3.05) is 20.3 Å². The third-order valence-corrected chi connectivity index (χ3v) is 2.75. The lowest BCUT2D eigenvalue weighted by Crippen LogP contribution is -2.46. The Hall–Kier alpha value is -2.24. The average molecular weight is 294 g/mol. The molecule has 1 atom stereocenters. The quantitative estimate of drug-likeness (QED) is 0.753. The molecule has 2 amide bonds. The molecule has 0 aliphatic carbocycles. The van der Waals surface area contributed by atoms with E-state index in [4.69, 9.17) is 9.47 Å². The summed E-state index contributed by atoms with van der Waals surface area (Å²) in [5.41, 5.74) is 0. The number of carbonyl (C=O) groups is 2. The van der Waals surface area contributed by atoms with Crippen LogP contribution in [0.15, 0.2) is 24.3 Å². The highest BCUT2D eigenvalue weighted by Gasteiger charge is 2.15. The molecule has 0 bridgehead atoms. The van der Waals surface area contributed by atoms with E-state index in [0.29, 0.717) is 18.0 Å². The molecule has 1 aromatic rings. The molecule has 1 aromatic carbocycles. The molecule has 0 aliphatic heterocycles. The van der Waals surface area contributed by atoms with Gasteiger partial charge in [-0.3, -0.25) is 9.59 Å². The number of rotatable bonds is 8. The first kappa shape index (κ1) is 16.8. The van der Waals surface area contributed by atoms with Crippen LogP contribution in [0.5, 0.6) is 11.5 Å². The maximum absolute atomic E-state index is 11.7. The van der Waals surface area contributed by atoms with Gasteiger partial charge in [-0.25, -0.2) is 0 Å². The van der Waals surface area contributed by atoms with E-state index in [1.54, 1.807) is 38.3 Å². The second kappa shape index (κ2) is 8.84. The van der Waals surface area contributed by atoms with Gasteiger partial charge in [0.05, 0.1) is 7.11 Å². The molecule has 1 unspecified atom stereocenters. The fourth-order valence-corrected chi connectivity index (χ4v) is 1.57. The fraction of sp³-hybridized carbons (Fsp3) is 0.467. The average Bonchev–Trinajstić information content (AvgIpc) is 2.50. The molecule has 0 heterocycles. The van der Waals surface area contributed by atoms with E-state index in [0.717, 1.165) is 6.42 Å². The smallest absolute Gasteiger partial charge is 0.258 e. The molecule has 0 radical (unpaired) electrons. The lowest BCUT2D eigenvalue weighted by molar-refractivity contribution is -0.129. The van der Waals surface area contributed by atoms with Gasteiger partial charge in [0.15, 0.2) is 6.61 Å². The Morgan fingerprint density at radius 1 is 1.19 bits per heavy atom. The first-order valence-corrected chi connectivity index (χ1v) is 6.90. The van der Waals surface area contributed by atoms with Gasteiger partial charge >= 0.3 is 0 Å². The second-order valence-corrected chi connectivity index (χ2v) is 4.54. The Morgan fingerprint density at radius 3 is 2.38 bits per heavy atom. The molecule has 0 saturated carbocycles. The minimum Gasteiger partial charge on any atom is -0.497 e. The molecule has 0 fully saturated rings. The highest BCUT2D eigenvalue weighted by Crippen LogP contribution is 2.16. The molecule has 2 N–H and O–H groups in total. The van der Waals surface area contributed by atoms with Crippen molar-refractivity contribution in [2.24, 2.45) is 0 Å². The van der Waals surface area contributed by atoms with Crippen LogP contribution >= 0.6 is 0 Å². The summed E-state index contributed by atoms with van der Waals surface area (Å²) in [7, 11) is 1.58. The van der Waals surface area contributed by atoms with Crippen molar-refractivity contribution >= 4 is 11.8 Å². The normalized spacial score (nSPS) is 11.4. The van der Waals surface area contributed by atoms with Crippen LogP contribution in [0.1, 0.15) is 20.3 Å². The first-order chi connectivity index (χ1) is 10.1. The second-order valence-electron chi connectivity index (χ2n) is 4.54. The zero-order chi connectivity index (χ0) is 15.7. The molecular weight excluding hydrogens is 272 g/mol. The van der Waals surface area contributed by atoms with Crippen LogP contribution in [0.3, 0.4) is 0 Å². The van der Waals surface area contributed by atoms with E-state index < -0.39 is 6.04 Å². The van der Waals surface area contributed by atoms with E-state index in [9.17, 15) is 9.59 Å². The number of amides is 2. The van der Waals surface area contributed by atoms with E-state index in [1.807, 2.05) is 6.92 Å². The van der Waals surface area contributed by atoms with Crippen molar-refractivity contribution in [1.29, 1.82) is 0 Å². The summed E-state index contributed by atoms with van der Waals surface area (Å²) >= 11 is 0. The summed E-state index contributed by atoms with van der Waals surface area (Å²) in [6.45, 7) is 4.06. The molecule has 0 aromatic heterocycles. The van der Waals surface area contributed by atoms with Crippen molar-refractivity contribution in [2.45, 2.75) is 26.3 Å². The van der Waals surface area contributed by atoms with Gasteiger partial charge in [-0.05, 0) is 37.6 Å².